The van der Waals surface area contributed by atoms with Gasteiger partial charge in [-0.25, -0.2) is 4.39 Å². The molecule has 0 saturated carbocycles. The summed E-state index contributed by atoms with van der Waals surface area (Å²) in [6.45, 7) is 3.56. The summed E-state index contributed by atoms with van der Waals surface area (Å²) in [5.74, 6) is 1.87. The van der Waals surface area contributed by atoms with E-state index in [1.54, 1.807) is 18.0 Å². The van der Waals surface area contributed by atoms with Gasteiger partial charge in [-0.3, -0.25) is 0 Å². The van der Waals surface area contributed by atoms with Crippen LogP contribution in [0.5, 0.6) is 5.75 Å². The van der Waals surface area contributed by atoms with Crippen LogP contribution in [0.2, 0.25) is 0 Å². The Balaban J connectivity index is 1.83. The van der Waals surface area contributed by atoms with Crippen molar-refractivity contribution < 1.29 is 9.13 Å². The largest absolute Gasteiger partial charge is 0.491 e. The number of fused-ring (bicyclic) bond motifs is 1. The molecule has 0 saturated heterocycles. The lowest BCUT2D eigenvalue weighted by Gasteiger charge is -2.29. The summed E-state index contributed by atoms with van der Waals surface area (Å²) in [6, 6.07) is 5.14. The molecule has 2 aliphatic heterocycles. The third kappa shape index (κ3) is 3.19. The quantitative estimate of drug-likeness (QED) is 0.598. The summed E-state index contributed by atoms with van der Waals surface area (Å²) >= 11 is 1.55. The van der Waals surface area contributed by atoms with Crippen LogP contribution in [0.1, 0.15) is 25.3 Å². The predicted molar refractivity (Wildman–Crippen MR) is 90.5 cm³/mol. The molecule has 5 heteroatoms. The van der Waals surface area contributed by atoms with Crippen LogP contribution in [0, 0.1) is 5.82 Å². The Bertz CT molecular complexity index is 640. The van der Waals surface area contributed by atoms with Crippen LogP contribution in [0.3, 0.4) is 0 Å². The van der Waals surface area contributed by atoms with Gasteiger partial charge in [0.1, 0.15) is 5.84 Å². The summed E-state index contributed by atoms with van der Waals surface area (Å²) in [7, 11) is 0. The Morgan fingerprint density at radius 1 is 1.41 bits per heavy atom. The SMILES string of the molecule is CCCCOc1ccc(C2=CC=CN3CCSN=C23)cc1F. The molecule has 3 nitrogen and oxygen atoms in total. The fourth-order valence-electron chi connectivity index (χ4n) is 2.41. The van der Waals surface area contributed by atoms with Crippen LogP contribution in [0.15, 0.2) is 40.9 Å². The lowest BCUT2D eigenvalue weighted by atomic mass is 10.0. The van der Waals surface area contributed by atoms with Crippen LogP contribution in [-0.4, -0.2) is 29.6 Å². The average molecular weight is 318 g/mol. The molecule has 1 aromatic rings. The second-order valence-corrected chi connectivity index (χ2v) is 6.06. The normalized spacial score (nSPS) is 16.9. The zero-order valence-electron chi connectivity index (χ0n) is 12.6. The van der Waals surface area contributed by atoms with E-state index in [2.05, 4.69) is 16.2 Å². The fraction of sp³-hybridized carbons (Fsp3) is 0.353. The Hall–Kier alpha value is -1.75. The fourth-order valence-corrected chi connectivity index (χ4v) is 3.10. The first-order valence-electron chi connectivity index (χ1n) is 7.58. The van der Waals surface area contributed by atoms with E-state index in [0.717, 1.165) is 42.1 Å². The number of unbranched alkanes of at least 4 members (excludes halogenated alkanes) is 1. The molecule has 3 rings (SSSR count). The molecule has 2 heterocycles. The highest BCUT2D eigenvalue weighted by Gasteiger charge is 2.22. The second-order valence-electron chi connectivity index (χ2n) is 5.21. The van der Waals surface area contributed by atoms with Crippen LogP contribution in [-0.2, 0) is 0 Å². The van der Waals surface area contributed by atoms with Crippen molar-refractivity contribution in [2.75, 3.05) is 18.9 Å². The van der Waals surface area contributed by atoms with Gasteiger partial charge in [-0.2, -0.15) is 4.40 Å². The van der Waals surface area contributed by atoms with E-state index in [-0.39, 0.29) is 5.82 Å². The number of rotatable bonds is 5. The highest BCUT2D eigenvalue weighted by Crippen LogP contribution is 2.29. The third-order valence-electron chi connectivity index (χ3n) is 3.61. The predicted octanol–water partition coefficient (Wildman–Crippen LogP) is 4.28. The van der Waals surface area contributed by atoms with Crippen molar-refractivity contribution in [2.45, 2.75) is 19.8 Å². The average Bonchev–Trinajstić information content (AvgIpc) is 2.56. The van der Waals surface area contributed by atoms with Gasteiger partial charge in [-0.1, -0.05) is 19.4 Å². The van der Waals surface area contributed by atoms with Crippen LogP contribution in [0.4, 0.5) is 4.39 Å². The van der Waals surface area contributed by atoms with Crippen molar-refractivity contribution >= 4 is 23.4 Å². The maximum Gasteiger partial charge on any atom is 0.165 e. The number of hydrogen-bond acceptors (Lipinski definition) is 4. The van der Waals surface area contributed by atoms with Gasteiger partial charge >= 0.3 is 0 Å². The molecular weight excluding hydrogens is 299 g/mol. The first-order valence-corrected chi connectivity index (χ1v) is 8.52. The molecule has 0 amide bonds. The van der Waals surface area contributed by atoms with E-state index in [9.17, 15) is 4.39 Å². The van der Waals surface area contributed by atoms with Crippen molar-refractivity contribution in [3.05, 3.63) is 47.9 Å². The molecule has 2 aliphatic rings. The number of allylic oxidation sites excluding steroid dienone is 2. The van der Waals surface area contributed by atoms with Gasteiger partial charge in [0.05, 0.1) is 6.61 Å². The number of amidine groups is 1. The minimum atomic E-state index is -0.320. The number of nitrogens with zero attached hydrogens (tertiary/aromatic N) is 2. The van der Waals surface area contributed by atoms with Crippen molar-refractivity contribution in [3.8, 4) is 5.75 Å². The van der Waals surface area contributed by atoms with Gasteiger partial charge < -0.3 is 9.64 Å². The lowest BCUT2D eigenvalue weighted by molar-refractivity contribution is 0.294. The first kappa shape index (κ1) is 15.2. The summed E-state index contributed by atoms with van der Waals surface area (Å²) in [5, 5.41) is 0. The number of ether oxygens (including phenoxy) is 1. The van der Waals surface area contributed by atoms with Gasteiger partial charge in [0, 0.05) is 24.1 Å². The minimum Gasteiger partial charge on any atom is -0.491 e. The molecule has 22 heavy (non-hydrogen) atoms. The third-order valence-corrected chi connectivity index (χ3v) is 4.28. The van der Waals surface area contributed by atoms with E-state index in [1.165, 1.54) is 6.07 Å². The Morgan fingerprint density at radius 2 is 2.32 bits per heavy atom. The first-order chi connectivity index (χ1) is 10.8. The van der Waals surface area contributed by atoms with Crippen molar-refractivity contribution in [1.29, 1.82) is 0 Å². The van der Waals surface area contributed by atoms with Crippen molar-refractivity contribution in [3.63, 3.8) is 0 Å². The minimum absolute atomic E-state index is 0.320. The van der Waals surface area contributed by atoms with Gasteiger partial charge in [0.2, 0.25) is 0 Å². The molecule has 1 aromatic carbocycles. The Kier molecular flexibility index (Phi) is 4.83. The number of hydrogen-bond donors (Lipinski definition) is 0. The van der Waals surface area contributed by atoms with E-state index in [0.29, 0.717) is 12.4 Å². The Labute approximate surface area is 134 Å². The molecule has 0 bridgehead atoms. The van der Waals surface area contributed by atoms with Crippen molar-refractivity contribution in [2.24, 2.45) is 4.40 Å². The highest BCUT2D eigenvalue weighted by atomic mass is 32.2. The van der Waals surface area contributed by atoms with Gasteiger partial charge in [-0.15, -0.1) is 0 Å². The molecular formula is C17H19FN2OS. The summed E-state index contributed by atoms with van der Waals surface area (Å²) in [5.41, 5.74) is 1.78. The van der Waals surface area contributed by atoms with E-state index in [1.807, 2.05) is 24.4 Å². The molecule has 0 fully saturated rings. The Morgan fingerprint density at radius 3 is 3.14 bits per heavy atom. The molecule has 116 valence electrons. The number of benzene rings is 1. The monoisotopic (exact) mass is 318 g/mol. The van der Waals surface area contributed by atoms with E-state index < -0.39 is 0 Å². The summed E-state index contributed by atoms with van der Waals surface area (Å²) in [4.78, 5) is 2.11. The van der Waals surface area contributed by atoms with Crippen molar-refractivity contribution in [1.82, 2.24) is 4.90 Å². The highest BCUT2D eigenvalue weighted by molar-refractivity contribution is 7.98. The van der Waals surface area contributed by atoms with Crippen LogP contribution in [0.25, 0.3) is 5.57 Å². The summed E-state index contributed by atoms with van der Waals surface area (Å²) < 4.78 is 24.2. The van der Waals surface area contributed by atoms with Gasteiger partial charge in [-0.05, 0) is 48.2 Å². The zero-order chi connectivity index (χ0) is 15.4. The summed E-state index contributed by atoms with van der Waals surface area (Å²) in [6.07, 6.45) is 7.94. The zero-order valence-corrected chi connectivity index (χ0v) is 13.4. The molecule has 0 N–H and O–H groups in total. The van der Waals surface area contributed by atoms with E-state index >= 15 is 0 Å². The molecule has 0 atom stereocenters. The smallest absolute Gasteiger partial charge is 0.165 e. The van der Waals surface area contributed by atoms with Crippen LogP contribution < -0.4 is 4.74 Å². The maximum absolute atomic E-state index is 14.2. The number of halogens is 1. The molecule has 0 aliphatic carbocycles. The molecule has 0 unspecified atom stereocenters. The van der Waals surface area contributed by atoms with E-state index in [4.69, 9.17) is 4.74 Å². The second kappa shape index (κ2) is 7.01. The maximum atomic E-state index is 14.2. The van der Waals surface area contributed by atoms with Gasteiger partial charge in [0.15, 0.2) is 11.6 Å². The standard InChI is InChI=1S/C17H19FN2OS/c1-2-3-10-21-16-7-6-13(12-15(16)18)14-5-4-8-20-9-11-22-19-17(14)20/h4-8,12H,2-3,9-11H2,1H3. The van der Waals surface area contributed by atoms with Crippen LogP contribution >= 0.6 is 11.9 Å². The van der Waals surface area contributed by atoms with Gasteiger partial charge in [0.25, 0.3) is 0 Å². The molecule has 0 radical (unpaired) electrons. The topological polar surface area (TPSA) is 24.8 Å². The lowest BCUT2D eigenvalue weighted by Crippen LogP contribution is -2.32. The molecule has 0 spiro atoms. The molecule has 0 aromatic heterocycles.